The molecular formula is C17H20N4. The number of benzene rings is 1. The lowest BCUT2D eigenvalue weighted by atomic mass is 10.1. The van der Waals surface area contributed by atoms with Crippen molar-refractivity contribution in [2.45, 2.75) is 20.3 Å². The number of aryl methyl sites for hydroxylation is 1. The second kappa shape index (κ2) is 7.33. The molecule has 4 heteroatoms. The molecule has 0 atom stereocenters. The van der Waals surface area contributed by atoms with Gasteiger partial charge in [0.05, 0.1) is 17.7 Å². The molecular weight excluding hydrogens is 260 g/mol. The van der Waals surface area contributed by atoms with Crippen molar-refractivity contribution in [1.82, 2.24) is 15.3 Å². The van der Waals surface area contributed by atoms with Gasteiger partial charge >= 0.3 is 0 Å². The van der Waals surface area contributed by atoms with E-state index in [1.54, 1.807) is 25.6 Å². The van der Waals surface area contributed by atoms with E-state index in [-0.39, 0.29) is 0 Å². The molecule has 21 heavy (non-hydrogen) atoms. The van der Waals surface area contributed by atoms with Gasteiger partial charge in [-0.2, -0.15) is 0 Å². The van der Waals surface area contributed by atoms with Crippen molar-refractivity contribution in [3.63, 3.8) is 0 Å². The Morgan fingerprint density at radius 1 is 1.24 bits per heavy atom. The largest absolute Gasteiger partial charge is 0.344 e. The van der Waals surface area contributed by atoms with Crippen LogP contribution in [0.3, 0.4) is 0 Å². The predicted octanol–water partition coefficient (Wildman–Crippen LogP) is 3.17. The maximum Gasteiger partial charge on any atom is 0.0972 e. The van der Waals surface area contributed by atoms with Crippen LogP contribution in [-0.2, 0) is 6.42 Å². The van der Waals surface area contributed by atoms with Crippen molar-refractivity contribution in [2.75, 3.05) is 7.05 Å². The summed E-state index contributed by atoms with van der Waals surface area (Å²) in [6, 6.07) is 8.49. The lowest BCUT2D eigenvalue weighted by molar-refractivity contribution is 1.13. The minimum absolute atomic E-state index is 0.809. The Morgan fingerprint density at radius 3 is 2.57 bits per heavy atom. The highest BCUT2D eigenvalue weighted by Crippen LogP contribution is 2.16. The molecule has 0 radical (unpaired) electrons. The van der Waals surface area contributed by atoms with Gasteiger partial charge in [-0.1, -0.05) is 31.2 Å². The highest BCUT2D eigenvalue weighted by molar-refractivity contribution is 5.93. The monoisotopic (exact) mass is 280 g/mol. The van der Waals surface area contributed by atoms with Crippen LogP contribution in [0.1, 0.15) is 30.7 Å². The zero-order valence-corrected chi connectivity index (χ0v) is 12.7. The summed E-state index contributed by atoms with van der Waals surface area (Å²) < 4.78 is 0. The molecule has 0 fully saturated rings. The van der Waals surface area contributed by atoms with Gasteiger partial charge in [-0.15, -0.1) is 0 Å². The molecule has 0 saturated heterocycles. The molecule has 108 valence electrons. The average molecular weight is 280 g/mol. The number of rotatable bonds is 4. The van der Waals surface area contributed by atoms with Crippen LogP contribution in [0.15, 0.2) is 47.8 Å². The Hall–Kier alpha value is -2.49. The van der Waals surface area contributed by atoms with Gasteiger partial charge in [-0.3, -0.25) is 15.0 Å². The van der Waals surface area contributed by atoms with E-state index in [1.807, 2.05) is 13.0 Å². The average Bonchev–Trinajstić information content (AvgIpc) is 2.55. The van der Waals surface area contributed by atoms with Gasteiger partial charge in [0, 0.05) is 25.1 Å². The van der Waals surface area contributed by atoms with Crippen LogP contribution in [0, 0.1) is 0 Å². The third-order valence-electron chi connectivity index (χ3n) is 3.20. The summed E-state index contributed by atoms with van der Waals surface area (Å²) in [5.41, 5.74) is 4.18. The van der Waals surface area contributed by atoms with Crippen molar-refractivity contribution < 1.29 is 0 Å². The summed E-state index contributed by atoms with van der Waals surface area (Å²) in [7, 11) is 1.77. The molecule has 0 aliphatic rings. The molecule has 0 amide bonds. The Morgan fingerprint density at radius 2 is 2.00 bits per heavy atom. The molecule has 1 aromatic heterocycles. The number of nitrogens with one attached hydrogen (secondary N) is 1. The SMILES string of the molecule is CCc1ccc(/C(=C/c2cnccn2)NC(C)=NC)cc1. The summed E-state index contributed by atoms with van der Waals surface area (Å²) in [6.07, 6.45) is 8.10. The zero-order chi connectivity index (χ0) is 15.1. The lowest BCUT2D eigenvalue weighted by Gasteiger charge is -2.11. The fraction of sp³-hybridized carbons (Fsp3) is 0.235. The number of aliphatic imine (C=N–C) groups is 1. The van der Waals surface area contributed by atoms with Crippen LogP contribution in [-0.4, -0.2) is 22.9 Å². The van der Waals surface area contributed by atoms with E-state index in [9.17, 15) is 0 Å². The van der Waals surface area contributed by atoms with Gasteiger partial charge in [0.1, 0.15) is 0 Å². The molecule has 0 spiro atoms. The van der Waals surface area contributed by atoms with Crippen molar-refractivity contribution >= 4 is 17.6 Å². The molecule has 0 bridgehead atoms. The van der Waals surface area contributed by atoms with Crippen LogP contribution in [0.25, 0.3) is 11.8 Å². The van der Waals surface area contributed by atoms with Gasteiger partial charge in [0.15, 0.2) is 0 Å². The Labute approximate surface area is 125 Å². The molecule has 0 saturated carbocycles. The normalized spacial score (nSPS) is 12.3. The Kier molecular flexibility index (Phi) is 5.21. The third kappa shape index (κ3) is 4.24. The van der Waals surface area contributed by atoms with Gasteiger partial charge in [0.25, 0.3) is 0 Å². The topological polar surface area (TPSA) is 50.2 Å². The molecule has 2 rings (SSSR count). The molecule has 1 heterocycles. The van der Waals surface area contributed by atoms with E-state index in [2.05, 4.69) is 51.5 Å². The van der Waals surface area contributed by atoms with Crippen LogP contribution < -0.4 is 5.32 Å². The summed E-state index contributed by atoms with van der Waals surface area (Å²) in [4.78, 5) is 12.5. The van der Waals surface area contributed by atoms with Crippen LogP contribution in [0.5, 0.6) is 0 Å². The van der Waals surface area contributed by atoms with E-state index < -0.39 is 0 Å². The number of nitrogens with zero attached hydrogens (tertiary/aromatic N) is 3. The zero-order valence-electron chi connectivity index (χ0n) is 12.7. The van der Waals surface area contributed by atoms with Crippen molar-refractivity contribution in [3.05, 3.63) is 59.7 Å². The molecule has 1 N–H and O–H groups in total. The summed E-state index contributed by atoms with van der Waals surface area (Å²) >= 11 is 0. The minimum atomic E-state index is 0.809. The molecule has 2 aromatic rings. The van der Waals surface area contributed by atoms with Crippen molar-refractivity contribution in [1.29, 1.82) is 0 Å². The number of amidine groups is 1. The van der Waals surface area contributed by atoms with Gasteiger partial charge in [-0.05, 0) is 30.5 Å². The quantitative estimate of drug-likeness (QED) is 0.691. The van der Waals surface area contributed by atoms with E-state index in [0.717, 1.165) is 29.2 Å². The number of aromatic nitrogens is 2. The van der Waals surface area contributed by atoms with E-state index >= 15 is 0 Å². The molecule has 0 unspecified atom stereocenters. The second-order valence-electron chi connectivity index (χ2n) is 4.67. The Balaban J connectivity index is 2.37. The van der Waals surface area contributed by atoms with E-state index in [4.69, 9.17) is 0 Å². The summed E-state index contributed by atoms with van der Waals surface area (Å²) in [6.45, 7) is 4.09. The standard InChI is InChI=1S/C17H20N4/c1-4-14-5-7-15(8-6-14)17(21-13(2)18-3)11-16-12-19-9-10-20-16/h5-12H,4H2,1-3H3,(H,18,21)/b17-11-. The first kappa shape index (κ1) is 14.9. The third-order valence-corrected chi connectivity index (χ3v) is 3.20. The predicted molar refractivity (Wildman–Crippen MR) is 87.9 cm³/mol. The maximum absolute atomic E-state index is 4.29. The second-order valence-corrected chi connectivity index (χ2v) is 4.67. The van der Waals surface area contributed by atoms with Crippen molar-refractivity contribution in [3.8, 4) is 0 Å². The molecule has 0 aliphatic carbocycles. The fourth-order valence-corrected chi connectivity index (χ4v) is 1.90. The maximum atomic E-state index is 4.29. The van der Waals surface area contributed by atoms with Gasteiger partial charge in [0.2, 0.25) is 0 Å². The molecule has 4 nitrogen and oxygen atoms in total. The molecule has 1 aromatic carbocycles. The number of hydrogen-bond acceptors (Lipinski definition) is 3. The summed E-state index contributed by atoms with van der Waals surface area (Å²) in [5, 5.41) is 3.31. The Bertz CT molecular complexity index is 628. The van der Waals surface area contributed by atoms with Crippen LogP contribution in [0.4, 0.5) is 0 Å². The lowest BCUT2D eigenvalue weighted by Crippen LogP contribution is -2.18. The van der Waals surface area contributed by atoms with E-state index in [1.165, 1.54) is 5.56 Å². The van der Waals surface area contributed by atoms with Crippen LogP contribution >= 0.6 is 0 Å². The number of hydrogen-bond donors (Lipinski definition) is 1. The van der Waals surface area contributed by atoms with Gasteiger partial charge in [-0.25, -0.2) is 0 Å². The fourth-order valence-electron chi connectivity index (χ4n) is 1.90. The van der Waals surface area contributed by atoms with Crippen LogP contribution in [0.2, 0.25) is 0 Å². The van der Waals surface area contributed by atoms with Gasteiger partial charge < -0.3 is 5.32 Å². The van der Waals surface area contributed by atoms with Crippen molar-refractivity contribution in [2.24, 2.45) is 4.99 Å². The first-order valence-corrected chi connectivity index (χ1v) is 7.00. The highest BCUT2D eigenvalue weighted by Gasteiger charge is 2.04. The highest BCUT2D eigenvalue weighted by atomic mass is 15.0. The van der Waals surface area contributed by atoms with E-state index in [0.29, 0.717) is 0 Å². The molecule has 0 aliphatic heterocycles. The first-order valence-electron chi connectivity index (χ1n) is 7.00. The first-order chi connectivity index (χ1) is 10.2. The summed E-state index contributed by atoms with van der Waals surface area (Å²) in [5.74, 6) is 0.852. The smallest absolute Gasteiger partial charge is 0.0972 e. The minimum Gasteiger partial charge on any atom is -0.344 e.